The Labute approximate surface area is 114 Å². The lowest BCUT2D eigenvalue weighted by Crippen LogP contribution is -2.31. The Bertz CT molecular complexity index is 452. The summed E-state index contributed by atoms with van der Waals surface area (Å²) in [6.45, 7) is 2.83. The van der Waals surface area contributed by atoms with Crippen molar-refractivity contribution in [1.82, 2.24) is 14.5 Å². The second kappa shape index (κ2) is 5.95. The fourth-order valence-corrected chi connectivity index (χ4v) is 3.13. The van der Waals surface area contributed by atoms with Crippen LogP contribution < -0.4 is 11.0 Å². The first-order valence-corrected chi connectivity index (χ1v) is 7.82. The molecule has 1 aromatic rings. The van der Waals surface area contributed by atoms with Crippen LogP contribution in [0.2, 0.25) is 0 Å². The Morgan fingerprint density at radius 1 is 1.11 bits per heavy atom. The molecule has 2 aliphatic carbocycles. The standard InChI is InChI=1S/C15H25N3O/c19-15-17(10-11-18(15)14-6-7-14)9-8-16-12-13-4-2-1-3-5-13/h10-11,13-14,16H,1-9,12H2. The first kappa shape index (κ1) is 13.0. The number of aromatic nitrogens is 2. The molecule has 0 radical (unpaired) electrons. The summed E-state index contributed by atoms with van der Waals surface area (Å²) in [4.78, 5) is 12.0. The van der Waals surface area contributed by atoms with E-state index in [4.69, 9.17) is 0 Å². The molecule has 2 fully saturated rings. The second-order valence-electron chi connectivity index (χ2n) is 6.12. The molecule has 0 saturated heterocycles. The van der Waals surface area contributed by atoms with E-state index < -0.39 is 0 Å². The van der Waals surface area contributed by atoms with Crippen LogP contribution in [-0.2, 0) is 6.54 Å². The van der Waals surface area contributed by atoms with Crippen molar-refractivity contribution < 1.29 is 0 Å². The Balaban J connectivity index is 1.41. The van der Waals surface area contributed by atoms with Gasteiger partial charge in [-0.3, -0.25) is 9.13 Å². The average molecular weight is 263 g/mol. The molecule has 1 aromatic heterocycles. The Morgan fingerprint density at radius 3 is 2.63 bits per heavy atom. The van der Waals surface area contributed by atoms with Crippen LogP contribution in [0.4, 0.5) is 0 Å². The van der Waals surface area contributed by atoms with Gasteiger partial charge >= 0.3 is 5.69 Å². The topological polar surface area (TPSA) is 39.0 Å². The zero-order valence-electron chi connectivity index (χ0n) is 11.7. The second-order valence-corrected chi connectivity index (χ2v) is 6.12. The van der Waals surface area contributed by atoms with E-state index in [1.165, 1.54) is 44.9 Å². The Kier molecular flexibility index (Phi) is 4.06. The van der Waals surface area contributed by atoms with Gasteiger partial charge < -0.3 is 5.32 Å². The zero-order chi connectivity index (χ0) is 13.1. The van der Waals surface area contributed by atoms with Gasteiger partial charge in [0.1, 0.15) is 0 Å². The molecule has 0 spiro atoms. The molecule has 0 aliphatic heterocycles. The number of imidazole rings is 1. The molecule has 0 bridgehead atoms. The van der Waals surface area contributed by atoms with Crippen molar-refractivity contribution in [3.8, 4) is 0 Å². The van der Waals surface area contributed by atoms with E-state index in [-0.39, 0.29) is 5.69 Å². The maximum absolute atomic E-state index is 12.0. The molecule has 1 heterocycles. The summed E-state index contributed by atoms with van der Waals surface area (Å²) < 4.78 is 3.73. The van der Waals surface area contributed by atoms with Crippen molar-refractivity contribution >= 4 is 0 Å². The molecule has 3 rings (SSSR count). The van der Waals surface area contributed by atoms with E-state index in [2.05, 4.69) is 5.32 Å². The summed E-state index contributed by atoms with van der Waals surface area (Å²) in [5.41, 5.74) is 0.168. The molecule has 0 atom stereocenters. The fraction of sp³-hybridized carbons (Fsp3) is 0.800. The molecule has 2 saturated carbocycles. The summed E-state index contributed by atoms with van der Waals surface area (Å²) in [5.74, 6) is 0.863. The molecular formula is C15H25N3O. The third-order valence-electron chi connectivity index (χ3n) is 4.50. The van der Waals surface area contributed by atoms with E-state index in [1.54, 1.807) is 0 Å². The van der Waals surface area contributed by atoms with Crippen LogP contribution in [0.3, 0.4) is 0 Å². The summed E-state index contributed by atoms with van der Waals surface area (Å²) in [6, 6.07) is 0.490. The molecule has 19 heavy (non-hydrogen) atoms. The highest BCUT2D eigenvalue weighted by Crippen LogP contribution is 2.33. The van der Waals surface area contributed by atoms with Crippen molar-refractivity contribution in [3.05, 3.63) is 22.9 Å². The van der Waals surface area contributed by atoms with Crippen LogP contribution in [0, 0.1) is 5.92 Å². The fourth-order valence-electron chi connectivity index (χ4n) is 3.13. The van der Waals surface area contributed by atoms with Gasteiger partial charge in [-0.25, -0.2) is 4.79 Å². The van der Waals surface area contributed by atoms with Crippen molar-refractivity contribution in [3.63, 3.8) is 0 Å². The number of hydrogen-bond acceptors (Lipinski definition) is 2. The van der Waals surface area contributed by atoms with E-state index in [1.807, 2.05) is 21.5 Å². The van der Waals surface area contributed by atoms with Gasteiger partial charge in [-0.1, -0.05) is 19.3 Å². The van der Waals surface area contributed by atoms with E-state index in [0.29, 0.717) is 6.04 Å². The highest BCUT2D eigenvalue weighted by molar-refractivity contribution is 4.91. The monoisotopic (exact) mass is 263 g/mol. The smallest absolute Gasteiger partial charge is 0.315 e. The normalized spacial score (nSPS) is 20.8. The van der Waals surface area contributed by atoms with Gasteiger partial charge in [0.2, 0.25) is 0 Å². The van der Waals surface area contributed by atoms with Crippen LogP contribution in [-0.4, -0.2) is 22.2 Å². The molecule has 106 valence electrons. The Hall–Kier alpha value is -1.03. The molecule has 1 N–H and O–H groups in total. The number of nitrogens with zero attached hydrogens (tertiary/aromatic N) is 2. The van der Waals surface area contributed by atoms with E-state index >= 15 is 0 Å². The molecule has 0 amide bonds. The predicted octanol–water partition coefficient (Wildman–Crippen LogP) is 2.15. The van der Waals surface area contributed by atoms with Crippen molar-refractivity contribution in [2.75, 3.05) is 13.1 Å². The number of rotatable bonds is 6. The maximum Gasteiger partial charge on any atom is 0.328 e. The van der Waals surface area contributed by atoms with Crippen molar-refractivity contribution in [1.29, 1.82) is 0 Å². The summed E-state index contributed by atoms with van der Waals surface area (Å²) in [7, 11) is 0. The molecule has 4 heteroatoms. The van der Waals surface area contributed by atoms with Gasteiger partial charge in [0.25, 0.3) is 0 Å². The van der Waals surface area contributed by atoms with Crippen molar-refractivity contribution in [2.24, 2.45) is 5.92 Å². The zero-order valence-corrected chi connectivity index (χ0v) is 11.7. The molecule has 0 aromatic carbocycles. The number of hydrogen-bond donors (Lipinski definition) is 1. The van der Waals surface area contributed by atoms with Crippen LogP contribution in [0.5, 0.6) is 0 Å². The van der Waals surface area contributed by atoms with Gasteiger partial charge in [-0.15, -0.1) is 0 Å². The van der Waals surface area contributed by atoms with E-state index in [9.17, 15) is 4.79 Å². The minimum Gasteiger partial charge on any atom is -0.315 e. The van der Waals surface area contributed by atoms with Gasteiger partial charge in [-0.05, 0) is 38.1 Å². The lowest BCUT2D eigenvalue weighted by atomic mass is 9.89. The minimum absolute atomic E-state index is 0.168. The first-order chi connectivity index (χ1) is 9.34. The lowest BCUT2D eigenvalue weighted by molar-refractivity contribution is 0.340. The van der Waals surface area contributed by atoms with Gasteiger partial charge in [-0.2, -0.15) is 0 Å². The average Bonchev–Trinajstić information content (AvgIpc) is 3.21. The quantitative estimate of drug-likeness (QED) is 0.799. The van der Waals surface area contributed by atoms with Gasteiger partial charge in [0, 0.05) is 31.5 Å². The van der Waals surface area contributed by atoms with Crippen LogP contribution in [0.1, 0.15) is 51.0 Å². The maximum atomic E-state index is 12.0. The van der Waals surface area contributed by atoms with Crippen LogP contribution in [0.15, 0.2) is 17.2 Å². The predicted molar refractivity (Wildman–Crippen MR) is 76.4 cm³/mol. The van der Waals surface area contributed by atoms with E-state index in [0.717, 1.165) is 25.6 Å². The highest BCUT2D eigenvalue weighted by atomic mass is 16.1. The number of nitrogens with one attached hydrogen (secondary N) is 1. The first-order valence-electron chi connectivity index (χ1n) is 7.82. The Morgan fingerprint density at radius 2 is 1.89 bits per heavy atom. The third kappa shape index (κ3) is 3.30. The third-order valence-corrected chi connectivity index (χ3v) is 4.50. The molecule has 2 aliphatic rings. The molecule has 0 unspecified atom stereocenters. The molecular weight excluding hydrogens is 238 g/mol. The SMILES string of the molecule is O=c1n(CCNCC2CCCCC2)ccn1C1CC1. The largest absolute Gasteiger partial charge is 0.328 e. The van der Waals surface area contributed by atoms with Crippen molar-refractivity contribution in [2.45, 2.75) is 57.5 Å². The van der Waals surface area contributed by atoms with Crippen LogP contribution in [0.25, 0.3) is 0 Å². The molecule has 4 nitrogen and oxygen atoms in total. The summed E-state index contributed by atoms with van der Waals surface area (Å²) >= 11 is 0. The van der Waals surface area contributed by atoms with Gasteiger partial charge in [0.15, 0.2) is 0 Å². The minimum atomic E-state index is 0.168. The van der Waals surface area contributed by atoms with Gasteiger partial charge in [0.05, 0.1) is 0 Å². The summed E-state index contributed by atoms with van der Waals surface area (Å²) in [5, 5.41) is 3.52. The lowest BCUT2D eigenvalue weighted by Gasteiger charge is -2.21. The highest BCUT2D eigenvalue weighted by Gasteiger charge is 2.25. The summed E-state index contributed by atoms with van der Waals surface area (Å²) in [6.07, 6.45) is 13.2. The van der Waals surface area contributed by atoms with Crippen LogP contribution >= 0.6 is 0 Å².